The molecule has 5 nitrogen and oxygen atoms in total. The maximum absolute atomic E-state index is 11.0. The molecule has 0 aliphatic heterocycles. The Morgan fingerprint density at radius 1 is 1.36 bits per heavy atom. The van der Waals surface area contributed by atoms with E-state index < -0.39 is 11.9 Å². The van der Waals surface area contributed by atoms with Gasteiger partial charge in [-0.25, -0.2) is 0 Å². The van der Waals surface area contributed by atoms with E-state index >= 15 is 0 Å². The minimum atomic E-state index is -0.444. The molecule has 0 saturated carbocycles. The van der Waals surface area contributed by atoms with Gasteiger partial charge in [0.1, 0.15) is 6.04 Å². The van der Waals surface area contributed by atoms with Crippen LogP contribution in [0, 0.1) is 0 Å². The van der Waals surface area contributed by atoms with Crippen LogP contribution in [0.3, 0.4) is 0 Å². The van der Waals surface area contributed by atoms with E-state index in [1.54, 1.807) is 7.11 Å². The fourth-order valence-electron chi connectivity index (χ4n) is 1.15. The van der Waals surface area contributed by atoms with Crippen LogP contribution in [0.2, 0.25) is 0 Å². The van der Waals surface area contributed by atoms with Crippen LogP contribution in [0.15, 0.2) is 0 Å². The highest BCUT2D eigenvalue weighted by Crippen LogP contribution is 1.95. The molecular weight excluding hydrogens is 184 g/mol. The molecule has 14 heavy (non-hydrogen) atoms. The van der Waals surface area contributed by atoms with E-state index in [0.717, 1.165) is 6.42 Å². The van der Waals surface area contributed by atoms with Crippen LogP contribution >= 0.6 is 0 Å². The number of hydrogen-bond donors (Lipinski definition) is 2. The minimum absolute atomic E-state index is 0.132. The molecule has 0 bridgehead atoms. The summed E-state index contributed by atoms with van der Waals surface area (Å²) >= 11 is 0. The van der Waals surface area contributed by atoms with Gasteiger partial charge in [-0.2, -0.15) is 0 Å². The Labute approximate surface area is 84.9 Å². The number of primary amides is 1. The predicted octanol–water partition coefficient (Wildman–Crippen LogP) is -0.499. The maximum Gasteiger partial charge on any atom is 0.236 e. The van der Waals surface area contributed by atoms with Crippen LogP contribution in [-0.4, -0.2) is 45.4 Å². The van der Waals surface area contributed by atoms with Gasteiger partial charge in [0.2, 0.25) is 5.91 Å². The van der Waals surface area contributed by atoms with E-state index in [1.807, 2.05) is 6.92 Å². The molecule has 1 amide bonds. The largest absolute Gasteiger partial charge is 0.383 e. The van der Waals surface area contributed by atoms with E-state index in [-0.39, 0.29) is 12.6 Å². The molecule has 0 heterocycles. The third-order valence-electron chi connectivity index (χ3n) is 1.97. The second-order valence-corrected chi connectivity index (χ2v) is 3.14. The van der Waals surface area contributed by atoms with Crippen LogP contribution in [0.25, 0.3) is 0 Å². The van der Waals surface area contributed by atoms with Gasteiger partial charge >= 0.3 is 0 Å². The van der Waals surface area contributed by atoms with E-state index in [4.69, 9.17) is 15.2 Å². The summed E-state index contributed by atoms with van der Waals surface area (Å²) in [5, 5.41) is 3.08. The quantitative estimate of drug-likeness (QED) is 0.559. The molecule has 0 aromatic rings. The van der Waals surface area contributed by atoms with Gasteiger partial charge in [-0.15, -0.1) is 0 Å². The number of carbonyl (C=O) groups excluding carboxylic acids is 1. The lowest BCUT2D eigenvalue weighted by molar-refractivity contribution is -0.121. The van der Waals surface area contributed by atoms with Gasteiger partial charge in [0, 0.05) is 20.3 Å². The Morgan fingerprint density at radius 3 is 2.29 bits per heavy atom. The first kappa shape index (κ1) is 13.4. The average molecular weight is 204 g/mol. The summed E-state index contributed by atoms with van der Waals surface area (Å²) in [5.74, 6) is -0.401. The molecule has 0 rings (SSSR count). The van der Waals surface area contributed by atoms with Gasteiger partial charge < -0.3 is 15.2 Å². The van der Waals surface area contributed by atoms with Crippen molar-refractivity contribution in [2.45, 2.75) is 25.4 Å². The number of rotatable bonds is 8. The summed E-state index contributed by atoms with van der Waals surface area (Å²) < 4.78 is 9.88. The number of ether oxygens (including phenoxy) is 2. The number of amides is 1. The number of carbonyl (C=O) groups is 1. The summed E-state index contributed by atoms with van der Waals surface area (Å²) in [6.45, 7) is 2.86. The molecule has 0 aromatic heterocycles. The summed E-state index contributed by atoms with van der Waals surface area (Å²) in [7, 11) is 3.16. The van der Waals surface area contributed by atoms with Crippen molar-refractivity contribution in [1.82, 2.24) is 5.32 Å². The molecule has 0 saturated heterocycles. The van der Waals surface area contributed by atoms with Crippen molar-refractivity contribution < 1.29 is 14.3 Å². The monoisotopic (exact) mass is 204 g/mol. The molecule has 2 atom stereocenters. The molecule has 0 radical (unpaired) electrons. The van der Waals surface area contributed by atoms with Crippen molar-refractivity contribution in [1.29, 1.82) is 0 Å². The zero-order valence-corrected chi connectivity index (χ0v) is 9.08. The van der Waals surface area contributed by atoms with E-state index in [2.05, 4.69) is 5.32 Å². The van der Waals surface area contributed by atoms with Crippen LogP contribution in [-0.2, 0) is 14.3 Å². The van der Waals surface area contributed by atoms with E-state index in [0.29, 0.717) is 6.61 Å². The van der Waals surface area contributed by atoms with Crippen molar-refractivity contribution in [2.24, 2.45) is 5.73 Å². The Balaban J connectivity index is 4.03. The Kier molecular flexibility index (Phi) is 7.37. The lowest BCUT2D eigenvalue weighted by Gasteiger charge is -2.21. The van der Waals surface area contributed by atoms with Crippen LogP contribution < -0.4 is 11.1 Å². The fourth-order valence-corrected chi connectivity index (χ4v) is 1.15. The summed E-state index contributed by atoms with van der Waals surface area (Å²) in [5.41, 5.74) is 5.20. The number of methoxy groups -OCH3 is 2. The standard InChI is InChI=1S/C9H20N2O3/c1-4-7(5-13-2)11-8(6-14-3)9(10)12/h7-8,11H,4-6H2,1-3H3,(H2,10,12). The zero-order chi connectivity index (χ0) is 11.0. The molecule has 2 unspecified atom stereocenters. The molecular formula is C9H20N2O3. The maximum atomic E-state index is 11.0. The molecule has 5 heteroatoms. The summed E-state index contributed by atoms with van der Waals surface area (Å²) in [4.78, 5) is 11.0. The smallest absolute Gasteiger partial charge is 0.236 e. The van der Waals surface area contributed by atoms with Gasteiger partial charge in [0.25, 0.3) is 0 Å². The van der Waals surface area contributed by atoms with Crippen molar-refractivity contribution >= 4 is 5.91 Å². The van der Waals surface area contributed by atoms with Crippen molar-refractivity contribution in [2.75, 3.05) is 27.4 Å². The summed E-state index contributed by atoms with van der Waals surface area (Å²) in [6, 6.07) is -0.312. The molecule has 3 N–H and O–H groups in total. The van der Waals surface area contributed by atoms with Gasteiger partial charge in [0.05, 0.1) is 13.2 Å². The second-order valence-electron chi connectivity index (χ2n) is 3.14. The highest BCUT2D eigenvalue weighted by molar-refractivity contribution is 5.80. The van der Waals surface area contributed by atoms with Gasteiger partial charge in [0.15, 0.2) is 0 Å². The van der Waals surface area contributed by atoms with Crippen LogP contribution in [0.4, 0.5) is 0 Å². The molecule has 0 spiro atoms. The Bertz CT molecular complexity index is 164. The van der Waals surface area contributed by atoms with E-state index in [9.17, 15) is 4.79 Å². The third-order valence-corrected chi connectivity index (χ3v) is 1.97. The Morgan fingerprint density at radius 2 is 1.93 bits per heavy atom. The first-order chi connectivity index (χ1) is 6.65. The molecule has 84 valence electrons. The van der Waals surface area contributed by atoms with Crippen LogP contribution in [0.1, 0.15) is 13.3 Å². The van der Waals surface area contributed by atoms with Gasteiger partial charge in [-0.05, 0) is 6.42 Å². The second kappa shape index (κ2) is 7.73. The van der Waals surface area contributed by atoms with Crippen molar-refractivity contribution in [3.05, 3.63) is 0 Å². The topological polar surface area (TPSA) is 73.6 Å². The summed E-state index contributed by atoms with van der Waals surface area (Å²) in [6.07, 6.45) is 0.876. The lowest BCUT2D eigenvalue weighted by atomic mass is 10.2. The van der Waals surface area contributed by atoms with E-state index in [1.165, 1.54) is 7.11 Å². The zero-order valence-electron chi connectivity index (χ0n) is 9.08. The highest BCUT2D eigenvalue weighted by atomic mass is 16.5. The first-order valence-corrected chi connectivity index (χ1v) is 4.68. The van der Waals surface area contributed by atoms with Crippen molar-refractivity contribution in [3.8, 4) is 0 Å². The SMILES string of the molecule is CCC(COC)NC(COC)C(N)=O. The number of nitrogens with two attached hydrogens (primary N) is 1. The lowest BCUT2D eigenvalue weighted by Crippen LogP contribution is -2.50. The average Bonchev–Trinajstić information content (AvgIpc) is 2.15. The highest BCUT2D eigenvalue weighted by Gasteiger charge is 2.18. The fraction of sp³-hybridized carbons (Fsp3) is 0.889. The predicted molar refractivity (Wildman–Crippen MR) is 53.9 cm³/mol. The normalized spacial score (nSPS) is 15.1. The number of nitrogens with one attached hydrogen (secondary N) is 1. The van der Waals surface area contributed by atoms with Crippen molar-refractivity contribution in [3.63, 3.8) is 0 Å². The minimum Gasteiger partial charge on any atom is -0.383 e. The molecule has 0 aliphatic rings. The molecule has 0 aliphatic carbocycles. The molecule has 0 fully saturated rings. The Hall–Kier alpha value is -0.650. The van der Waals surface area contributed by atoms with Gasteiger partial charge in [-0.3, -0.25) is 10.1 Å². The first-order valence-electron chi connectivity index (χ1n) is 4.68. The third kappa shape index (κ3) is 5.16. The molecule has 0 aromatic carbocycles. The number of hydrogen-bond acceptors (Lipinski definition) is 4. The van der Waals surface area contributed by atoms with Gasteiger partial charge in [-0.1, -0.05) is 6.92 Å². The van der Waals surface area contributed by atoms with Crippen LogP contribution in [0.5, 0.6) is 0 Å².